The average Bonchev–Trinajstić information content (AvgIpc) is 3.09. The zero-order valence-corrected chi connectivity index (χ0v) is 10.4. The van der Waals surface area contributed by atoms with Crippen LogP contribution >= 0.6 is 11.3 Å². The molecule has 0 aliphatic rings. The standard InChI is InChI=1S/C11H8N4O3S/c16-11(17)9-10(8-2-1-5-19-8)15(14-13-9)6-7-3-4-12-18-7/h1-5H,6H2,(H,16,17). The number of aromatic carboxylic acids is 1. The van der Waals surface area contributed by atoms with Gasteiger partial charge < -0.3 is 9.63 Å². The maximum atomic E-state index is 11.2. The smallest absolute Gasteiger partial charge is 0.358 e. The number of nitrogens with zero attached hydrogens (tertiary/aromatic N) is 4. The molecule has 0 amide bonds. The van der Waals surface area contributed by atoms with Crippen molar-refractivity contribution in [1.29, 1.82) is 0 Å². The van der Waals surface area contributed by atoms with E-state index in [1.165, 1.54) is 22.2 Å². The minimum absolute atomic E-state index is 0.0676. The number of carboxylic acid groups (broad SMARTS) is 1. The molecule has 0 spiro atoms. The molecule has 0 radical (unpaired) electrons. The van der Waals surface area contributed by atoms with Crippen LogP contribution in [0.3, 0.4) is 0 Å². The molecule has 0 aliphatic heterocycles. The van der Waals surface area contributed by atoms with Gasteiger partial charge in [-0.25, -0.2) is 9.48 Å². The first-order chi connectivity index (χ1) is 9.25. The Morgan fingerprint density at radius 3 is 3.00 bits per heavy atom. The van der Waals surface area contributed by atoms with Crippen molar-refractivity contribution in [2.24, 2.45) is 0 Å². The Bertz CT molecular complexity index is 688. The molecule has 0 unspecified atom stereocenters. The number of aromatic nitrogens is 4. The molecule has 0 aromatic carbocycles. The molecule has 7 nitrogen and oxygen atoms in total. The zero-order valence-electron chi connectivity index (χ0n) is 9.55. The number of thiophene rings is 1. The molecule has 19 heavy (non-hydrogen) atoms. The van der Waals surface area contributed by atoms with E-state index in [9.17, 15) is 4.79 Å². The number of hydrogen-bond donors (Lipinski definition) is 1. The van der Waals surface area contributed by atoms with Gasteiger partial charge in [-0.05, 0) is 11.4 Å². The Morgan fingerprint density at radius 1 is 1.47 bits per heavy atom. The maximum absolute atomic E-state index is 11.2. The third-order valence-corrected chi connectivity index (χ3v) is 3.37. The maximum Gasteiger partial charge on any atom is 0.358 e. The van der Waals surface area contributed by atoms with Crippen molar-refractivity contribution < 1.29 is 14.4 Å². The minimum Gasteiger partial charge on any atom is -0.476 e. The molecule has 0 atom stereocenters. The first-order valence-corrected chi connectivity index (χ1v) is 6.24. The fourth-order valence-electron chi connectivity index (χ4n) is 1.70. The van der Waals surface area contributed by atoms with Gasteiger partial charge >= 0.3 is 5.97 Å². The molecular weight excluding hydrogens is 268 g/mol. The predicted octanol–water partition coefficient (Wildman–Crippen LogP) is 1.74. The molecule has 0 bridgehead atoms. The lowest BCUT2D eigenvalue weighted by Gasteiger charge is -2.02. The van der Waals surface area contributed by atoms with Crippen LogP contribution in [0.4, 0.5) is 0 Å². The Labute approximate surface area is 111 Å². The average molecular weight is 276 g/mol. The van der Waals surface area contributed by atoms with Crippen LogP contribution in [0.15, 0.2) is 34.3 Å². The summed E-state index contributed by atoms with van der Waals surface area (Å²) in [5.74, 6) is -0.521. The summed E-state index contributed by atoms with van der Waals surface area (Å²) in [5.41, 5.74) is 0.404. The van der Waals surface area contributed by atoms with Crippen LogP contribution in [-0.4, -0.2) is 31.2 Å². The van der Waals surface area contributed by atoms with Crippen molar-refractivity contribution in [3.05, 3.63) is 41.2 Å². The Balaban J connectivity index is 2.07. The quantitative estimate of drug-likeness (QED) is 0.780. The van der Waals surface area contributed by atoms with Crippen molar-refractivity contribution in [2.75, 3.05) is 0 Å². The summed E-state index contributed by atoms with van der Waals surface area (Å²) in [6.07, 6.45) is 1.52. The zero-order chi connectivity index (χ0) is 13.2. The van der Waals surface area contributed by atoms with Crippen LogP contribution in [0.2, 0.25) is 0 Å². The molecule has 3 aromatic rings. The van der Waals surface area contributed by atoms with Gasteiger partial charge in [-0.3, -0.25) is 0 Å². The lowest BCUT2D eigenvalue weighted by Crippen LogP contribution is -2.04. The number of carbonyl (C=O) groups is 1. The summed E-state index contributed by atoms with van der Waals surface area (Å²) in [5, 5.41) is 22.2. The highest BCUT2D eigenvalue weighted by atomic mass is 32.1. The number of carboxylic acids is 1. The Morgan fingerprint density at radius 2 is 2.37 bits per heavy atom. The number of hydrogen-bond acceptors (Lipinski definition) is 6. The molecule has 3 heterocycles. The summed E-state index contributed by atoms with van der Waals surface area (Å²) in [6, 6.07) is 5.37. The van der Waals surface area contributed by atoms with E-state index in [1.807, 2.05) is 17.5 Å². The van der Waals surface area contributed by atoms with Crippen molar-refractivity contribution in [2.45, 2.75) is 6.54 Å². The fraction of sp³-hybridized carbons (Fsp3) is 0.0909. The van der Waals surface area contributed by atoms with Crippen LogP contribution in [0.5, 0.6) is 0 Å². The molecule has 0 aliphatic carbocycles. The van der Waals surface area contributed by atoms with Crippen LogP contribution in [0.25, 0.3) is 10.6 Å². The molecule has 96 valence electrons. The van der Waals surface area contributed by atoms with E-state index in [4.69, 9.17) is 9.63 Å². The van der Waals surface area contributed by atoms with Crippen LogP contribution < -0.4 is 0 Å². The molecule has 3 aromatic heterocycles. The van der Waals surface area contributed by atoms with Gasteiger partial charge in [0.25, 0.3) is 0 Å². The largest absolute Gasteiger partial charge is 0.476 e. The minimum atomic E-state index is -1.10. The van der Waals surface area contributed by atoms with Gasteiger partial charge in [0.15, 0.2) is 11.5 Å². The highest BCUT2D eigenvalue weighted by molar-refractivity contribution is 7.13. The van der Waals surface area contributed by atoms with Gasteiger partial charge in [0.1, 0.15) is 12.2 Å². The van der Waals surface area contributed by atoms with Crippen LogP contribution in [0, 0.1) is 0 Å². The van der Waals surface area contributed by atoms with E-state index in [1.54, 1.807) is 6.07 Å². The van der Waals surface area contributed by atoms with Crippen molar-refractivity contribution in [3.63, 3.8) is 0 Å². The second-order valence-electron chi connectivity index (χ2n) is 3.71. The lowest BCUT2D eigenvalue weighted by atomic mass is 10.2. The van der Waals surface area contributed by atoms with E-state index in [0.29, 0.717) is 11.5 Å². The van der Waals surface area contributed by atoms with Crippen molar-refractivity contribution >= 4 is 17.3 Å². The van der Waals surface area contributed by atoms with E-state index >= 15 is 0 Å². The third-order valence-electron chi connectivity index (χ3n) is 2.49. The second-order valence-corrected chi connectivity index (χ2v) is 4.65. The summed E-state index contributed by atoms with van der Waals surface area (Å²) in [4.78, 5) is 12.0. The molecular formula is C11H8N4O3S. The van der Waals surface area contributed by atoms with Gasteiger partial charge in [-0.2, -0.15) is 0 Å². The van der Waals surface area contributed by atoms with E-state index in [-0.39, 0.29) is 12.2 Å². The monoisotopic (exact) mass is 276 g/mol. The molecule has 3 rings (SSSR count). The Kier molecular flexibility index (Phi) is 2.84. The van der Waals surface area contributed by atoms with Gasteiger partial charge in [-0.15, -0.1) is 16.4 Å². The highest BCUT2D eigenvalue weighted by Crippen LogP contribution is 2.27. The van der Waals surface area contributed by atoms with Gasteiger partial charge in [0.05, 0.1) is 11.1 Å². The van der Waals surface area contributed by atoms with E-state index in [2.05, 4.69) is 15.5 Å². The molecule has 0 saturated carbocycles. The molecule has 0 saturated heterocycles. The van der Waals surface area contributed by atoms with Gasteiger partial charge in [0.2, 0.25) is 0 Å². The topological polar surface area (TPSA) is 94.0 Å². The van der Waals surface area contributed by atoms with Crippen molar-refractivity contribution in [3.8, 4) is 10.6 Å². The second kappa shape index (κ2) is 4.65. The first-order valence-electron chi connectivity index (χ1n) is 5.36. The molecule has 0 fully saturated rings. The Hall–Kier alpha value is -2.48. The summed E-state index contributed by atoms with van der Waals surface area (Å²) in [7, 11) is 0. The van der Waals surface area contributed by atoms with Crippen molar-refractivity contribution in [1.82, 2.24) is 20.2 Å². The predicted molar refractivity (Wildman–Crippen MR) is 65.9 cm³/mol. The van der Waals surface area contributed by atoms with Gasteiger partial charge in [0, 0.05) is 6.07 Å². The van der Waals surface area contributed by atoms with Crippen LogP contribution in [-0.2, 0) is 6.54 Å². The van der Waals surface area contributed by atoms with Gasteiger partial charge in [-0.1, -0.05) is 16.4 Å². The SMILES string of the molecule is O=C(O)c1nnn(Cc2ccno2)c1-c1cccs1. The lowest BCUT2D eigenvalue weighted by molar-refractivity contribution is 0.0691. The summed E-state index contributed by atoms with van der Waals surface area (Å²) in [6.45, 7) is 0.285. The van der Waals surface area contributed by atoms with Crippen LogP contribution in [0.1, 0.15) is 16.2 Å². The van der Waals surface area contributed by atoms with E-state index in [0.717, 1.165) is 4.88 Å². The fourth-order valence-corrected chi connectivity index (χ4v) is 2.47. The highest BCUT2D eigenvalue weighted by Gasteiger charge is 2.21. The normalized spacial score (nSPS) is 10.7. The number of rotatable bonds is 4. The summed E-state index contributed by atoms with van der Waals surface area (Å²) < 4.78 is 6.49. The first kappa shape index (κ1) is 11.6. The molecule has 8 heteroatoms. The van der Waals surface area contributed by atoms with E-state index < -0.39 is 5.97 Å². The molecule has 1 N–H and O–H groups in total. The third kappa shape index (κ3) is 2.13. The summed E-state index contributed by atoms with van der Waals surface area (Å²) >= 11 is 1.43.